The number of nitrogens with two attached hydrogens (primary N) is 1. The van der Waals surface area contributed by atoms with Crippen molar-refractivity contribution in [3.05, 3.63) is 35.5 Å². The fraction of sp³-hybridized carbons (Fsp3) is 0.524. The fourth-order valence-electron chi connectivity index (χ4n) is 4.67. The smallest absolute Gasteiger partial charge is 0.267 e. The summed E-state index contributed by atoms with van der Waals surface area (Å²) in [7, 11) is 0. The number of nitrogens with zero attached hydrogens (tertiary/aromatic N) is 1. The standard InChI is InChI=1S/C21H28N4O2/c1-13-4-2-5-14-10-18(23-20(13)14)21(27)24-17-11-16-8-7-15(17)12-25(16)19(26)6-3-9-22/h2,4-5,10,15-17,23H,3,6-9,11-12,22H2,1H3,(H,24,27)/t15-,16-,17+/m0/s1. The van der Waals surface area contributed by atoms with E-state index in [2.05, 4.69) is 10.3 Å². The molecule has 2 amide bonds. The highest BCUT2D eigenvalue weighted by atomic mass is 16.2. The molecule has 3 atom stereocenters. The summed E-state index contributed by atoms with van der Waals surface area (Å²) in [5, 5.41) is 4.28. The molecule has 27 heavy (non-hydrogen) atoms. The van der Waals surface area contributed by atoms with E-state index in [0.29, 0.717) is 24.6 Å². The summed E-state index contributed by atoms with van der Waals surface area (Å²) in [6.07, 6.45) is 4.24. The first kappa shape index (κ1) is 18.0. The van der Waals surface area contributed by atoms with Crippen LogP contribution in [-0.4, -0.2) is 46.9 Å². The van der Waals surface area contributed by atoms with Gasteiger partial charge in [0.1, 0.15) is 5.69 Å². The fourth-order valence-corrected chi connectivity index (χ4v) is 4.67. The quantitative estimate of drug-likeness (QED) is 0.756. The van der Waals surface area contributed by atoms with Crippen LogP contribution in [0, 0.1) is 12.8 Å². The number of nitrogens with one attached hydrogen (secondary N) is 2. The summed E-state index contributed by atoms with van der Waals surface area (Å²) in [6, 6.07) is 8.36. The Labute approximate surface area is 159 Å². The number of fused-ring (bicyclic) bond motifs is 4. The summed E-state index contributed by atoms with van der Waals surface area (Å²) in [5.41, 5.74) is 8.29. The van der Waals surface area contributed by atoms with Gasteiger partial charge in [0.25, 0.3) is 5.91 Å². The third-order valence-electron chi connectivity index (χ3n) is 6.18. The second-order valence-electron chi connectivity index (χ2n) is 7.97. The number of piperidine rings is 2. The van der Waals surface area contributed by atoms with Gasteiger partial charge in [-0.2, -0.15) is 0 Å². The van der Waals surface area contributed by atoms with E-state index in [4.69, 9.17) is 5.73 Å². The summed E-state index contributed by atoms with van der Waals surface area (Å²) in [6.45, 7) is 3.35. The van der Waals surface area contributed by atoms with Gasteiger partial charge in [0.15, 0.2) is 0 Å². The number of hydrogen-bond acceptors (Lipinski definition) is 3. The Morgan fingerprint density at radius 2 is 2.19 bits per heavy atom. The van der Waals surface area contributed by atoms with Gasteiger partial charge >= 0.3 is 0 Å². The SMILES string of the molecule is Cc1cccc2cc(C(=O)N[C@@H]3C[C@@H]4CC[C@H]3CN4C(=O)CCCN)[nH]c12. The maximum Gasteiger partial charge on any atom is 0.267 e. The first-order chi connectivity index (χ1) is 13.1. The second-order valence-corrected chi connectivity index (χ2v) is 7.97. The van der Waals surface area contributed by atoms with Gasteiger partial charge in [-0.05, 0) is 56.7 Å². The highest BCUT2D eigenvalue weighted by Crippen LogP contribution is 2.36. The van der Waals surface area contributed by atoms with Crippen molar-refractivity contribution < 1.29 is 9.59 Å². The van der Waals surface area contributed by atoms with Crippen LogP contribution in [0.5, 0.6) is 0 Å². The van der Waals surface area contributed by atoms with Crippen molar-refractivity contribution in [3.63, 3.8) is 0 Å². The van der Waals surface area contributed by atoms with E-state index in [0.717, 1.165) is 48.7 Å². The molecule has 0 unspecified atom stereocenters. The number of hydrogen-bond donors (Lipinski definition) is 3. The summed E-state index contributed by atoms with van der Waals surface area (Å²) < 4.78 is 0. The molecular weight excluding hydrogens is 340 g/mol. The Balaban J connectivity index is 1.42. The number of para-hydroxylation sites is 1. The van der Waals surface area contributed by atoms with Crippen LogP contribution in [0.1, 0.15) is 48.2 Å². The average Bonchev–Trinajstić information content (AvgIpc) is 3.12. The Morgan fingerprint density at radius 3 is 2.89 bits per heavy atom. The van der Waals surface area contributed by atoms with Gasteiger partial charge < -0.3 is 20.9 Å². The molecule has 6 nitrogen and oxygen atoms in total. The zero-order valence-corrected chi connectivity index (χ0v) is 15.8. The topological polar surface area (TPSA) is 91.2 Å². The number of carbonyl (C=O) groups is 2. The van der Waals surface area contributed by atoms with Crippen molar-refractivity contribution >= 4 is 22.7 Å². The van der Waals surface area contributed by atoms with Gasteiger partial charge in [0, 0.05) is 36.0 Å². The highest BCUT2D eigenvalue weighted by Gasteiger charge is 2.42. The normalized spacial score (nSPS) is 24.4. The van der Waals surface area contributed by atoms with Crippen LogP contribution < -0.4 is 11.1 Å². The molecule has 2 aromatic rings. The van der Waals surface area contributed by atoms with E-state index in [1.807, 2.05) is 36.1 Å². The van der Waals surface area contributed by atoms with E-state index < -0.39 is 0 Å². The molecular formula is C21H28N4O2. The lowest BCUT2D eigenvalue weighted by Gasteiger charge is -2.49. The molecule has 144 valence electrons. The molecule has 5 rings (SSSR count). The molecule has 2 aliphatic heterocycles. The van der Waals surface area contributed by atoms with Gasteiger partial charge in [0.05, 0.1) is 0 Å². The first-order valence-electron chi connectivity index (χ1n) is 9.95. The third-order valence-corrected chi connectivity index (χ3v) is 6.18. The molecule has 3 heterocycles. The van der Waals surface area contributed by atoms with Crippen molar-refractivity contribution in [3.8, 4) is 0 Å². The average molecular weight is 368 g/mol. The van der Waals surface area contributed by atoms with E-state index in [1.165, 1.54) is 0 Å². The molecule has 1 aromatic carbocycles. The molecule has 0 spiro atoms. The molecule has 3 aliphatic rings. The molecule has 1 saturated carbocycles. The van der Waals surface area contributed by atoms with Crippen molar-refractivity contribution in [1.29, 1.82) is 0 Å². The maximum absolute atomic E-state index is 12.8. The van der Waals surface area contributed by atoms with E-state index >= 15 is 0 Å². The molecule has 0 radical (unpaired) electrons. The zero-order valence-electron chi connectivity index (χ0n) is 15.8. The number of rotatable bonds is 5. The highest BCUT2D eigenvalue weighted by molar-refractivity contribution is 5.98. The Hall–Kier alpha value is -2.34. The number of carbonyl (C=O) groups excluding carboxylic acids is 2. The number of amides is 2. The Morgan fingerprint density at radius 1 is 1.33 bits per heavy atom. The minimum atomic E-state index is -0.0517. The van der Waals surface area contributed by atoms with E-state index in [1.54, 1.807) is 0 Å². The maximum atomic E-state index is 12.8. The van der Waals surface area contributed by atoms with E-state index in [9.17, 15) is 9.59 Å². The van der Waals surface area contributed by atoms with Crippen molar-refractivity contribution in [2.75, 3.05) is 13.1 Å². The van der Waals surface area contributed by atoms with Gasteiger partial charge in [-0.15, -0.1) is 0 Å². The van der Waals surface area contributed by atoms with Crippen LogP contribution in [-0.2, 0) is 4.79 Å². The van der Waals surface area contributed by atoms with Crippen LogP contribution in [0.25, 0.3) is 10.9 Å². The number of aromatic nitrogens is 1. The van der Waals surface area contributed by atoms with Crippen molar-refractivity contribution in [2.24, 2.45) is 11.7 Å². The van der Waals surface area contributed by atoms with Gasteiger partial charge in [-0.3, -0.25) is 9.59 Å². The number of H-pyrrole nitrogens is 1. The van der Waals surface area contributed by atoms with Crippen molar-refractivity contribution in [1.82, 2.24) is 15.2 Å². The van der Waals surface area contributed by atoms with Gasteiger partial charge in [-0.25, -0.2) is 0 Å². The van der Waals surface area contributed by atoms with Crippen molar-refractivity contribution in [2.45, 2.75) is 51.1 Å². The largest absolute Gasteiger partial charge is 0.350 e. The summed E-state index contributed by atoms with van der Waals surface area (Å²) in [4.78, 5) is 30.5. The third kappa shape index (κ3) is 3.46. The lowest BCUT2D eigenvalue weighted by Crippen LogP contribution is -2.60. The van der Waals surface area contributed by atoms with Gasteiger partial charge in [0.2, 0.25) is 5.91 Å². The molecule has 4 N–H and O–H groups in total. The van der Waals surface area contributed by atoms with Crippen LogP contribution >= 0.6 is 0 Å². The molecule has 2 saturated heterocycles. The van der Waals surface area contributed by atoms with Gasteiger partial charge in [-0.1, -0.05) is 18.2 Å². The molecule has 1 aromatic heterocycles. The van der Waals surface area contributed by atoms with Crippen LogP contribution in [0.2, 0.25) is 0 Å². The number of aryl methyl sites for hydroxylation is 1. The molecule has 1 aliphatic carbocycles. The van der Waals surface area contributed by atoms with Crippen LogP contribution in [0.15, 0.2) is 24.3 Å². The summed E-state index contributed by atoms with van der Waals surface area (Å²) in [5.74, 6) is 0.502. The summed E-state index contributed by atoms with van der Waals surface area (Å²) >= 11 is 0. The number of aromatic amines is 1. The number of benzene rings is 1. The molecule has 3 fully saturated rings. The predicted molar refractivity (Wildman–Crippen MR) is 105 cm³/mol. The van der Waals surface area contributed by atoms with E-state index in [-0.39, 0.29) is 23.9 Å². The molecule has 6 heteroatoms. The predicted octanol–water partition coefficient (Wildman–Crippen LogP) is 2.32. The zero-order chi connectivity index (χ0) is 19.0. The molecule has 2 bridgehead atoms. The second kappa shape index (κ2) is 7.35. The Kier molecular flexibility index (Phi) is 4.91. The minimum Gasteiger partial charge on any atom is -0.350 e. The lowest BCUT2D eigenvalue weighted by atomic mass is 9.76. The minimum absolute atomic E-state index is 0.0517. The van der Waals surface area contributed by atoms with Crippen LogP contribution in [0.3, 0.4) is 0 Å². The van der Waals surface area contributed by atoms with Crippen LogP contribution in [0.4, 0.5) is 0 Å². The lowest BCUT2D eigenvalue weighted by molar-refractivity contribution is -0.139. The first-order valence-corrected chi connectivity index (χ1v) is 9.95. The monoisotopic (exact) mass is 368 g/mol. The Bertz CT molecular complexity index is 859.